The molecule has 2 aromatic rings. The van der Waals surface area contributed by atoms with Crippen LogP contribution in [0.5, 0.6) is 11.5 Å². The lowest BCUT2D eigenvalue weighted by atomic mass is 10.1. The number of esters is 1. The number of nitrogens with one attached hydrogen (secondary N) is 1. The number of hydrogen-bond donors (Lipinski definition) is 1. The summed E-state index contributed by atoms with van der Waals surface area (Å²) in [5.41, 5.74) is 1.26. The summed E-state index contributed by atoms with van der Waals surface area (Å²) < 4.78 is 16.1. The molecule has 27 heavy (non-hydrogen) atoms. The monoisotopic (exact) mass is 407 g/mol. The van der Waals surface area contributed by atoms with E-state index in [0.717, 1.165) is 27.5 Å². The Morgan fingerprint density at radius 1 is 1.22 bits per heavy atom. The van der Waals surface area contributed by atoms with E-state index in [2.05, 4.69) is 5.32 Å². The van der Waals surface area contributed by atoms with Gasteiger partial charge in [-0.3, -0.25) is 4.79 Å². The van der Waals surface area contributed by atoms with Gasteiger partial charge in [0.2, 0.25) is 5.91 Å². The summed E-state index contributed by atoms with van der Waals surface area (Å²) in [5, 5.41) is 3.36. The average molecular weight is 408 g/mol. The predicted octanol–water partition coefficient (Wildman–Crippen LogP) is 4.04. The SMILES string of the molecule is COC(=O)c1c(NC(=O)CSc2ccc3c(c2)OCCCO3)sc(C)c1C. The van der Waals surface area contributed by atoms with E-state index < -0.39 is 5.97 Å². The first-order valence-corrected chi connectivity index (χ1v) is 10.3. The molecule has 0 spiro atoms. The van der Waals surface area contributed by atoms with Gasteiger partial charge in [0.1, 0.15) is 5.00 Å². The predicted molar refractivity (Wildman–Crippen MR) is 107 cm³/mol. The van der Waals surface area contributed by atoms with Crippen LogP contribution in [0.3, 0.4) is 0 Å². The lowest BCUT2D eigenvalue weighted by Crippen LogP contribution is -2.16. The van der Waals surface area contributed by atoms with Crippen LogP contribution in [0.25, 0.3) is 0 Å². The average Bonchev–Trinajstić information content (AvgIpc) is 2.83. The lowest BCUT2D eigenvalue weighted by Gasteiger charge is -2.09. The zero-order chi connectivity index (χ0) is 19.4. The summed E-state index contributed by atoms with van der Waals surface area (Å²) in [4.78, 5) is 26.3. The Bertz CT molecular complexity index is 862. The van der Waals surface area contributed by atoms with Crippen LogP contribution in [0, 0.1) is 13.8 Å². The van der Waals surface area contributed by atoms with Crippen molar-refractivity contribution in [2.75, 3.05) is 31.4 Å². The number of hydrogen-bond acceptors (Lipinski definition) is 7. The molecular formula is C19H21NO5S2. The smallest absolute Gasteiger partial charge is 0.341 e. The molecule has 1 aromatic carbocycles. The van der Waals surface area contributed by atoms with E-state index in [9.17, 15) is 9.59 Å². The van der Waals surface area contributed by atoms with Crippen LogP contribution in [-0.4, -0.2) is 38.0 Å². The van der Waals surface area contributed by atoms with Crippen molar-refractivity contribution in [2.24, 2.45) is 0 Å². The number of anilines is 1. The maximum Gasteiger partial charge on any atom is 0.341 e. The summed E-state index contributed by atoms with van der Waals surface area (Å²) in [6.07, 6.45) is 0.849. The number of thioether (sulfide) groups is 1. The van der Waals surface area contributed by atoms with Gasteiger partial charge in [0, 0.05) is 16.2 Å². The first-order valence-electron chi connectivity index (χ1n) is 8.50. The molecule has 1 N–H and O–H groups in total. The number of aryl methyl sites for hydroxylation is 1. The van der Waals surface area contributed by atoms with Crippen LogP contribution in [0.4, 0.5) is 5.00 Å². The van der Waals surface area contributed by atoms with Crippen molar-refractivity contribution in [3.63, 3.8) is 0 Å². The molecule has 1 amide bonds. The van der Waals surface area contributed by atoms with E-state index in [1.807, 2.05) is 32.0 Å². The van der Waals surface area contributed by atoms with E-state index in [-0.39, 0.29) is 11.7 Å². The molecule has 0 saturated heterocycles. The molecule has 6 nitrogen and oxygen atoms in total. The van der Waals surface area contributed by atoms with Crippen LogP contribution in [-0.2, 0) is 9.53 Å². The molecule has 1 aromatic heterocycles. The van der Waals surface area contributed by atoms with Gasteiger partial charge in [-0.1, -0.05) is 0 Å². The van der Waals surface area contributed by atoms with Crippen molar-refractivity contribution < 1.29 is 23.8 Å². The largest absolute Gasteiger partial charge is 0.490 e. The summed E-state index contributed by atoms with van der Waals surface area (Å²) in [7, 11) is 1.33. The summed E-state index contributed by atoms with van der Waals surface area (Å²) in [6.45, 7) is 5.02. The number of thiophene rings is 1. The molecule has 2 heterocycles. The molecule has 1 aliphatic rings. The van der Waals surface area contributed by atoms with Gasteiger partial charge in [0.05, 0.1) is 31.6 Å². The standard InChI is InChI=1S/C19H21NO5S2/c1-11-12(2)27-18(17(11)19(22)23-3)20-16(21)10-26-13-5-6-14-15(9-13)25-8-4-7-24-14/h5-6,9H,4,7-8,10H2,1-3H3,(H,20,21). The molecule has 0 bridgehead atoms. The lowest BCUT2D eigenvalue weighted by molar-refractivity contribution is -0.113. The van der Waals surface area contributed by atoms with E-state index in [0.29, 0.717) is 29.5 Å². The quantitative estimate of drug-likeness (QED) is 0.596. The minimum atomic E-state index is -0.442. The number of benzene rings is 1. The third kappa shape index (κ3) is 4.56. The van der Waals surface area contributed by atoms with Crippen molar-refractivity contribution >= 4 is 40.0 Å². The fraction of sp³-hybridized carbons (Fsp3) is 0.368. The number of rotatable bonds is 5. The minimum Gasteiger partial charge on any atom is -0.490 e. The van der Waals surface area contributed by atoms with Gasteiger partial charge in [-0.2, -0.15) is 0 Å². The second kappa shape index (κ2) is 8.67. The van der Waals surface area contributed by atoms with Gasteiger partial charge in [-0.05, 0) is 37.6 Å². The summed E-state index contributed by atoms with van der Waals surface area (Å²) in [5.74, 6) is 1.03. The Kier molecular flexibility index (Phi) is 6.28. The fourth-order valence-corrected chi connectivity index (χ4v) is 4.40. The van der Waals surface area contributed by atoms with Crippen molar-refractivity contribution in [1.82, 2.24) is 0 Å². The van der Waals surface area contributed by atoms with Crippen LogP contribution in [0.15, 0.2) is 23.1 Å². The van der Waals surface area contributed by atoms with Crippen molar-refractivity contribution in [3.05, 3.63) is 34.2 Å². The molecule has 0 aliphatic carbocycles. The molecule has 0 atom stereocenters. The zero-order valence-electron chi connectivity index (χ0n) is 15.4. The third-order valence-electron chi connectivity index (χ3n) is 4.12. The Labute approximate surface area is 166 Å². The second-order valence-corrected chi connectivity index (χ2v) is 8.25. The maximum atomic E-state index is 12.4. The fourth-order valence-electron chi connectivity index (χ4n) is 2.61. The van der Waals surface area contributed by atoms with Crippen LogP contribution >= 0.6 is 23.1 Å². The number of fused-ring (bicyclic) bond motifs is 1. The van der Waals surface area contributed by atoms with Crippen molar-refractivity contribution in [3.8, 4) is 11.5 Å². The topological polar surface area (TPSA) is 73.9 Å². The normalized spacial score (nSPS) is 13.0. The molecule has 0 fully saturated rings. The Morgan fingerprint density at radius 3 is 2.70 bits per heavy atom. The van der Waals surface area contributed by atoms with E-state index in [1.54, 1.807) is 0 Å². The van der Waals surface area contributed by atoms with E-state index in [1.165, 1.54) is 30.2 Å². The summed E-state index contributed by atoms with van der Waals surface area (Å²) in [6, 6.07) is 5.66. The number of carbonyl (C=O) groups excluding carboxylic acids is 2. The molecule has 0 unspecified atom stereocenters. The number of ether oxygens (including phenoxy) is 3. The molecule has 1 aliphatic heterocycles. The Balaban J connectivity index is 1.65. The summed E-state index contributed by atoms with van der Waals surface area (Å²) >= 11 is 2.78. The highest BCUT2D eigenvalue weighted by Gasteiger charge is 2.21. The first kappa shape index (κ1) is 19.6. The van der Waals surface area contributed by atoms with Gasteiger partial charge >= 0.3 is 5.97 Å². The number of carbonyl (C=O) groups is 2. The number of methoxy groups -OCH3 is 1. The molecule has 0 saturated carbocycles. The molecule has 3 rings (SSSR count). The highest BCUT2D eigenvalue weighted by molar-refractivity contribution is 8.00. The van der Waals surface area contributed by atoms with Crippen LogP contribution in [0.2, 0.25) is 0 Å². The van der Waals surface area contributed by atoms with E-state index in [4.69, 9.17) is 14.2 Å². The van der Waals surface area contributed by atoms with Crippen LogP contribution < -0.4 is 14.8 Å². The highest BCUT2D eigenvalue weighted by atomic mass is 32.2. The van der Waals surface area contributed by atoms with Crippen LogP contribution in [0.1, 0.15) is 27.2 Å². The van der Waals surface area contributed by atoms with Gasteiger partial charge in [0.25, 0.3) is 0 Å². The maximum absolute atomic E-state index is 12.4. The molecule has 8 heteroatoms. The number of amides is 1. The zero-order valence-corrected chi connectivity index (χ0v) is 17.1. The third-order valence-corrected chi connectivity index (χ3v) is 6.23. The van der Waals surface area contributed by atoms with Crippen molar-refractivity contribution in [1.29, 1.82) is 0 Å². The van der Waals surface area contributed by atoms with Crippen molar-refractivity contribution in [2.45, 2.75) is 25.2 Å². The Morgan fingerprint density at radius 2 is 1.96 bits per heavy atom. The Hall–Kier alpha value is -2.19. The van der Waals surface area contributed by atoms with E-state index >= 15 is 0 Å². The second-order valence-electron chi connectivity index (χ2n) is 5.97. The van der Waals surface area contributed by atoms with Gasteiger partial charge in [-0.15, -0.1) is 23.1 Å². The minimum absolute atomic E-state index is 0.182. The molecule has 144 valence electrons. The first-order chi connectivity index (χ1) is 13.0. The van der Waals surface area contributed by atoms with Gasteiger partial charge in [-0.25, -0.2) is 4.79 Å². The molecule has 0 radical (unpaired) electrons. The highest BCUT2D eigenvalue weighted by Crippen LogP contribution is 2.35. The van der Waals surface area contributed by atoms with Gasteiger partial charge < -0.3 is 19.5 Å². The molecular weight excluding hydrogens is 386 g/mol. The van der Waals surface area contributed by atoms with Gasteiger partial charge in [0.15, 0.2) is 11.5 Å².